The molecule has 0 fully saturated rings. The van der Waals surface area contributed by atoms with Crippen LogP contribution in [0.5, 0.6) is 0 Å². The predicted molar refractivity (Wildman–Crippen MR) is 61.4 cm³/mol. The van der Waals surface area contributed by atoms with Crippen LogP contribution >= 0.6 is 11.6 Å². The first kappa shape index (κ1) is 14.2. The first-order valence-electron chi connectivity index (χ1n) is 4.20. The number of rotatable bonds is 2. The highest BCUT2D eigenvalue weighted by atomic mass is 35.5. The minimum absolute atomic E-state index is 0.387. The molecule has 0 heterocycles. The number of hydrogen-bond acceptors (Lipinski definition) is 3. The molecule has 0 unspecified atom stereocenters. The number of carboxylic acid groups (broad SMARTS) is 1. The van der Waals surface area contributed by atoms with Crippen LogP contribution in [0.25, 0.3) is 5.57 Å². The number of carbonyl (C=O) groups is 2. The second-order valence-electron chi connectivity index (χ2n) is 2.59. The smallest absolute Gasteiger partial charge is 0.401 e. The van der Waals surface area contributed by atoms with Gasteiger partial charge in [0.1, 0.15) is 0 Å². The summed E-state index contributed by atoms with van der Waals surface area (Å²) >= 11 is 4.19. The molecule has 0 saturated heterocycles. The van der Waals surface area contributed by atoms with Gasteiger partial charge < -0.3 is 9.84 Å². The maximum atomic E-state index is 11.0. The number of halogens is 1. The van der Waals surface area contributed by atoms with Crippen LogP contribution in [0.15, 0.2) is 36.9 Å². The summed E-state index contributed by atoms with van der Waals surface area (Å²) in [5.74, 6) is -0.388. The largest absolute Gasteiger partial charge is 0.469 e. The van der Waals surface area contributed by atoms with E-state index < -0.39 is 5.43 Å². The molecule has 5 heteroatoms. The van der Waals surface area contributed by atoms with E-state index >= 15 is 0 Å². The van der Waals surface area contributed by atoms with E-state index in [1.807, 2.05) is 30.3 Å². The fraction of sp³-hybridized carbons (Fsp3) is 0.0909. The molecule has 0 aliphatic heterocycles. The summed E-state index contributed by atoms with van der Waals surface area (Å²) in [7, 11) is 1.34. The molecule has 0 spiro atoms. The lowest BCUT2D eigenvalue weighted by Gasteiger charge is -2.01. The Morgan fingerprint density at radius 3 is 2.12 bits per heavy atom. The Labute approximate surface area is 98.1 Å². The van der Waals surface area contributed by atoms with Crippen molar-refractivity contribution in [2.24, 2.45) is 0 Å². The minimum atomic E-state index is -1.36. The molecule has 86 valence electrons. The van der Waals surface area contributed by atoms with Gasteiger partial charge in [0.2, 0.25) is 0 Å². The van der Waals surface area contributed by atoms with Crippen LogP contribution in [0.4, 0.5) is 4.79 Å². The Balaban J connectivity index is 0.000000487. The van der Waals surface area contributed by atoms with Gasteiger partial charge >= 0.3 is 11.4 Å². The highest BCUT2D eigenvalue weighted by Crippen LogP contribution is 2.12. The van der Waals surface area contributed by atoms with Crippen molar-refractivity contribution in [3.63, 3.8) is 0 Å². The van der Waals surface area contributed by atoms with Gasteiger partial charge in [-0.3, -0.25) is 0 Å². The molecule has 1 aromatic carbocycles. The number of carbonyl (C=O) groups excluding carboxylic acids is 1. The molecule has 0 radical (unpaired) electrons. The molecular weight excluding hydrogens is 232 g/mol. The van der Waals surface area contributed by atoms with Gasteiger partial charge in [-0.1, -0.05) is 36.9 Å². The zero-order valence-corrected chi connectivity index (χ0v) is 9.40. The Bertz CT molecular complexity index is 369. The van der Waals surface area contributed by atoms with Crippen LogP contribution in [-0.2, 0) is 9.53 Å². The normalized spacial score (nSPS) is 8.38. The summed E-state index contributed by atoms with van der Waals surface area (Å²) < 4.78 is 4.53. The fourth-order valence-corrected chi connectivity index (χ4v) is 0.880. The Hall–Kier alpha value is -1.81. The van der Waals surface area contributed by atoms with Crippen LogP contribution in [0.3, 0.4) is 0 Å². The molecule has 4 nitrogen and oxygen atoms in total. The van der Waals surface area contributed by atoms with Crippen LogP contribution < -0.4 is 0 Å². The third-order valence-electron chi connectivity index (χ3n) is 1.55. The van der Waals surface area contributed by atoms with Crippen molar-refractivity contribution in [1.29, 1.82) is 0 Å². The van der Waals surface area contributed by atoms with E-state index in [-0.39, 0.29) is 5.97 Å². The SMILES string of the molecule is C=C(C(=O)OC)c1ccccc1.O=C(O)Cl. The van der Waals surface area contributed by atoms with Gasteiger partial charge in [-0.05, 0) is 5.56 Å². The third kappa shape index (κ3) is 5.82. The lowest BCUT2D eigenvalue weighted by molar-refractivity contribution is -0.133. The highest BCUT2D eigenvalue weighted by Gasteiger charge is 2.07. The summed E-state index contributed by atoms with van der Waals surface area (Å²) in [6.45, 7) is 3.62. The summed E-state index contributed by atoms with van der Waals surface area (Å²) in [5.41, 5.74) is -0.178. The first-order valence-corrected chi connectivity index (χ1v) is 4.58. The molecule has 0 aliphatic rings. The molecule has 1 rings (SSSR count). The highest BCUT2D eigenvalue weighted by molar-refractivity contribution is 6.60. The molecule has 0 aliphatic carbocycles. The standard InChI is InChI=1S/C10H10O2.CHClO2/c1-8(10(11)12-2)9-6-4-3-5-7-9;2-1(3)4/h3-7H,1H2,2H3;(H,3,4). The van der Waals surface area contributed by atoms with Gasteiger partial charge in [0.05, 0.1) is 12.7 Å². The van der Waals surface area contributed by atoms with Crippen molar-refractivity contribution >= 4 is 28.6 Å². The quantitative estimate of drug-likeness (QED) is 0.492. The van der Waals surface area contributed by atoms with Gasteiger partial charge in [0.15, 0.2) is 0 Å². The molecule has 0 amide bonds. The van der Waals surface area contributed by atoms with E-state index in [9.17, 15) is 4.79 Å². The second kappa shape index (κ2) is 7.48. The van der Waals surface area contributed by atoms with Crippen molar-refractivity contribution < 1.29 is 19.4 Å². The summed E-state index contributed by atoms with van der Waals surface area (Å²) in [5, 5.41) is 7.18. The predicted octanol–water partition coefficient (Wildman–Crippen LogP) is 2.78. The van der Waals surface area contributed by atoms with Gasteiger partial charge in [-0.2, -0.15) is 0 Å². The van der Waals surface area contributed by atoms with E-state index in [1.54, 1.807) is 0 Å². The molecular formula is C11H11ClO4. The maximum Gasteiger partial charge on any atom is 0.401 e. The Morgan fingerprint density at radius 2 is 1.75 bits per heavy atom. The topological polar surface area (TPSA) is 63.6 Å². The molecule has 1 N–H and O–H groups in total. The van der Waals surface area contributed by atoms with Crippen molar-refractivity contribution in [3.8, 4) is 0 Å². The average molecular weight is 243 g/mol. The van der Waals surface area contributed by atoms with Crippen molar-refractivity contribution in [2.75, 3.05) is 7.11 Å². The number of methoxy groups -OCH3 is 1. The zero-order valence-electron chi connectivity index (χ0n) is 8.64. The lowest BCUT2D eigenvalue weighted by Crippen LogP contribution is -2.01. The van der Waals surface area contributed by atoms with Crippen LogP contribution in [0.1, 0.15) is 5.56 Å². The molecule has 1 aromatic rings. The van der Waals surface area contributed by atoms with Gasteiger partial charge in [0.25, 0.3) is 0 Å². The maximum absolute atomic E-state index is 11.0. The number of benzene rings is 1. The molecule has 16 heavy (non-hydrogen) atoms. The molecule has 0 bridgehead atoms. The van der Waals surface area contributed by atoms with Crippen molar-refractivity contribution in [2.45, 2.75) is 0 Å². The summed E-state index contributed by atoms with van der Waals surface area (Å²) in [4.78, 5) is 19.8. The van der Waals surface area contributed by atoms with E-state index in [0.29, 0.717) is 5.57 Å². The van der Waals surface area contributed by atoms with Crippen molar-refractivity contribution in [3.05, 3.63) is 42.5 Å². The monoisotopic (exact) mass is 242 g/mol. The van der Waals surface area contributed by atoms with E-state index in [4.69, 9.17) is 9.90 Å². The van der Waals surface area contributed by atoms with Crippen LogP contribution in [0, 0.1) is 0 Å². The van der Waals surface area contributed by atoms with Gasteiger partial charge in [-0.15, -0.1) is 0 Å². The minimum Gasteiger partial charge on any atom is -0.469 e. The Kier molecular flexibility index (Phi) is 6.63. The Morgan fingerprint density at radius 1 is 1.31 bits per heavy atom. The van der Waals surface area contributed by atoms with E-state index in [0.717, 1.165) is 5.56 Å². The number of ether oxygens (including phenoxy) is 1. The van der Waals surface area contributed by atoms with Crippen molar-refractivity contribution in [1.82, 2.24) is 0 Å². The molecule has 0 aromatic heterocycles. The molecule has 0 atom stereocenters. The van der Waals surface area contributed by atoms with E-state index in [2.05, 4.69) is 22.9 Å². The molecule has 0 saturated carbocycles. The van der Waals surface area contributed by atoms with Gasteiger partial charge in [-0.25, -0.2) is 9.59 Å². The van der Waals surface area contributed by atoms with Crippen LogP contribution in [0.2, 0.25) is 0 Å². The number of esters is 1. The van der Waals surface area contributed by atoms with Crippen LogP contribution in [-0.4, -0.2) is 23.6 Å². The first-order chi connectivity index (χ1) is 7.49. The van der Waals surface area contributed by atoms with Gasteiger partial charge in [0, 0.05) is 11.6 Å². The number of hydrogen-bond donors (Lipinski definition) is 1. The van der Waals surface area contributed by atoms with E-state index in [1.165, 1.54) is 7.11 Å². The third-order valence-corrected chi connectivity index (χ3v) is 1.55. The lowest BCUT2D eigenvalue weighted by atomic mass is 10.1. The fourth-order valence-electron chi connectivity index (χ4n) is 0.880. The second-order valence-corrected chi connectivity index (χ2v) is 2.91. The average Bonchev–Trinajstić information content (AvgIpc) is 2.27. The zero-order chi connectivity index (χ0) is 12.6. The summed E-state index contributed by atoms with van der Waals surface area (Å²) in [6.07, 6.45) is 0. The summed E-state index contributed by atoms with van der Waals surface area (Å²) in [6, 6.07) is 9.22.